The Morgan fingerprint density at radius 3 is 2.12 bits per heavy atom. The van der Waals surface area contributed by atoms with Gasteiger partial charge >= 0.3 is 0 Å². The van der Waals surface area contributed by atoms with Crippen LogP contribution in [0.4, 0.5) is 5.69 Å². The summed E-state index contributed by atoms with van der Waals surface area (Å²) in [4.78, 5) is 38.4. The summed E-state index contributed by atoms with van der Waals surface area (Å²) in [7, 11) is 1.71. The Balaban J connectivity index is 1.98. The summed E-state index contributed by atoms with van der Waals surface area (Å²) in [5, 5.41) is 0.617. The lowest BCUT2D eigenvalue weighted by molar-refractivity contribution is -0.118. The van der Waals surface area contributed by atoms with Gasteiger partial charge < -0.3 is 4.90 Å². The van der Waals surface area contributed by atoms with Gasteiger partial charge in [0.15, 0.2) is 11.6 Å². The Labute approximate surface area is 153 Å². The molecule has 1 aromatic carbocycles. The molecule has 0 N–H and O–H groups in total. The van der Waals surface area contributed by atoms with Crippen molar-refractivity contribution in [2.75, 3.05) is 11.9 Å². The van der Waals surface area contributed by atoms with Crippen molar-refractivity contribution in [3.8, 4) is 0 Å². The standard InChI is InChI=1S/C20H22ClNO3/c1-12-13(2)20(25)17(14(3)19(12)24)6-5-7-18(23)22(4)16-10-8-15(21)9-11-16/h8-11H,5-7H2,1-4H3. The minimum Gasteiger partial charge on any atom is -0.316 e. The molecule has 1 aliphatic rings. The highest BCUT2D eigenvalue weighted by Gasteiger charge is 2.27. The van der Waals surface area contributed by atoms with Gasteiger partial charge in [-0.3, -0.25) is 14.4 Å². The summed E-state index contributed by atoms with van der Waals surface area (Å²) in [6.07, 6.45) is 1.26. The molecule has 2 rings (SSSR count). The molecule has 0 saturated heterocycles. The molecule has 0 bridgehead atoms. The quantitative estimate of drug-likeness (QED) is 0.737. The molecule has 1 aromatic rings. The average molecular weight is 360 g/mol. The van der Waals surface area contributed by atoms with Crippen LogP contribution in [0.5, 0.6) is 0 Å². The third kappa shape index (κ3) is 4.07. The van der Waals surface area contributed by atoms with Gasteiger partial charge in [-0.05, 0) is 57.9 Å². The zero-order valence-electron chi connectivity index (χ0n) is 15.0. The number of ketones is 2. The van der Waals surface area contributed by atoms with E-state index < -0.39 is 0 Å². The highest BCUT2D eigenvalue weighted by molar-refractivity contribution is 6.30. The number of halogens is 1. The minimum atomic E-state index is -0.0758. The van der Waals surface area contributed by atoms with E-state index in [1.165, 1.54) is 0 Å². The molecule has 5 heteroatoms. The van der Waals surface area contributed by atoms with E-state index >= 15 is 0 Å². The molecule has 0 fully saturated rings. The third-order valence-corrected chi connectivity index (χ3v) is 4.97. The summed E-state index contributed by atoms with van der Waals surface area (Å²) in [6.45, 7) is 5.05. The van der Waals surface area contributed by atoms with E-state index in [1.807, 2.05) is 0 Å². The molecule has 132 valence electrons. The first kappa shape index (κ1) is 19.1. The third-order valence-electron chi connectivity index (χ3n) is 4.72. The van der Waals surface area contributed by atoms with Crippen LogP contribution in [0.3, 0.4) is 0 Å². The van der Waals surface area contributed by atoms with Crippen LogP contribution >= 0.6 is 11.6 Å². The molecule has 0 aliphatic heterocycles. The van der Waals surface area contributed by atoms with E-state index in [0.29, 0.717) is 46.6 Å². The van der Waals surface area contributed by atoms with E-state index in [0.717, 1.165) is 5.69 Å². The highest BCUT2D eigenvalue weighted by atomic mass is 35.5. The van der Waals surface area contributed by atoms with E-state index in [9.17, 15) is 14.4 Å². The maximum atomic E-state index is 12.4. The van der Waals surface area contributed by atoms with Crippen LogP contribution < -0.4 is 4.90 Å². The van der Waals surface area contributed by atoms with Crippen LogP contribution in [0.15, 0.2) is 46.6 Å². The first-order valence-corrected chi connectivity index (χ1v) is 8.60. The van der Waals surface area contributed by atoms with Crippen LogP contribution in [0, 0.1) is 0 Å². The van der Waals surface area contributed by atoms with Crippen LogP contribution in [-0.4, -0.2) is 24.5 Å². The lowest BCUT2D eigenvalue weighted by Gasteiger charge is -2.20. The second kappa shape index (κ2) is 7.79. The van der Waals surface area contributed by atoms with E-state index in [4.69, 9.17) is 11.6 Å². The molecular weight excluding hydrogens is 338 g/mol. The average Bonchev–Trinajstić information content (AvgIpc) is 2.61. The van der Waals surface area contributed by atoms with Gasteiger partial charge in [0.25, 0.3) is 0 Å². The largest absolute Gasteiger partial charge is 0.316 e. The van der Waals surface area contributed by atoms with Crippen molar-refractivity contribution in [3.63, 3.8) is 0 Å². The molecule has 0 atom stereocenters. The Hall–Kier alpha value is -2.20. The van der Waals surface area contributed by atoms with E-state index in [2.05, 4.69) is 0 Å². The van der Waals surface area contributed by atoms with Crippen molar-refractivity contribution < 1.29 is 14.4 Å². The molecule has 0 aromatic heterocycles. The van der Waals surface area contributed by atoms with Gasteiger partial charge in [-0.15, -0.1) is 0 Å². The van der Waals surface area contributed by atoms with Crippen molar-refractivity contribution in [1.29, 1.82) is 0 Å². The van der Waals surface area contributed by atoms with Crippen LogP contribution in [0.25, 0.3) is 0 Å². The number of amides is 1. The fourth-order valence-corrected chi connectivity index (χ4v) is 2.98. The molecule has 1 aliphatic carbocycles. The SMILES string of the molecule is CC1=C(C)C(=O)C(CCCC(=O)N(C)c2ccc(Cl)cc2)=C(C)C1=O. The predicted octanol–water partition coefficient (Wildman–Crippen LogP) is 4.28. The Kier molecular flexibility index (Phi) is 5.96. The molecule has 4 nitrogen and oxygen atoms in total. The molecular formula is C20H22ClNO3. The van der Waals surface area contributed by atoms with E-state index in [1.54, 1.807) is 57.0 Å². The second-order valence-electron chi connectivity index (χ2n) is 6.29. The van der Waals surface area contributed by atoms with Gasteiger partial charge in [0.1, 0.15) is 0 Å². The maximum Gasteiger partial charge on any atom is 0.226 e. The molecule has 25 heavy (non-hydrogen) atoms. The van der Waals surface area contributed by atoms with Crippen LogP contribution in [0.2, 0.25) is 5.02 Å². The monoisotopic (exact) mass is 359 g/mol. The number of hydrogen-bond donors (Lipinski definition) is 0. The summed E-state index contributed by atoms with van der Waals surface area (Å²) < 4.78 is 0. The summed E-state index contributed by atoms with van der Waals surface area (Å²) >= 11 is 5.86. The lowest BCUT2D eigenvalue weighted by atomic mass is 9.84. The fraction of sp³-hybridized carbons (Fsp3) is 0.350. The first-order chi connectivity index (χ1) is 11.7. The van der Waals surface area contributed by atoms with Gasteiger partial charge in [0, 0.05) is 46.5 Å². The van der Waals surface area contributed by atoms with Crippen molar-refractivity contribution in [2.24, 2.45) is 0 Å². The van der Waals surface area contributed by atoms with Crippen LogP contribution in [0.1, 0.15) is 40.0 Å². The second-order valence-corrected chi connectivity index (χ2v) is 6.73. The van der Waals surface area contributed by atoms with Crippen LogP contribution in [-0.2, 0) is 14.4 Å². The number of carbonyl (C=O) groups excluding carboxylic acids is 3. The van der Waals surface area contributed by atoms with Crippen molar-refractivity contribution >= 4 is 34.8 Å². The number of allylic oxidation sites excluding steroid dienone is 4. The van der Waals surface area contributed by atoms with Crippen molar-refractivity contribution in [2.45, 2.75) is 40.0 Å². The molecule has 0 heterocycles. The Morgan fingerprint density at radius 1 is 0.960 bits per heavy atom. The smallest absolute Gasteiger partial charge is 0.226 e. The zero-order chi connectivity index (χ0) is 18.7. The molecule has 1 amide bonds. The number of rotatable bonds is 5. The highest BCUT2D eigenvalue weighted by Crippen LogP contribution is 2.27. The van der Waals surface area contributed by atoms with Gasteiger partial charge in [0.2, 0.25) is 5.91 Å². The number of Topliss-reactive ketones (excluding diaryl/α,β-unsaturated/α-hetero) is 2. The van der Waals surface area contributed by atoms with Gasteiger partial charge in [-0.25, -0.2) is 0 Å². The van der Waals surface area contributed by atoms with Gasteiger partial charge in [-0.2, -0.15) is 0 Å². The molecule has 0 radical (unpaired) electrons. The normalized spacial score (nSPS) is 15.1. The minimum absolute atomic E-state index is 0.0430. The Morgan fingerprint density at radius 2 is 1.52 bits per heavy atom. The summed E-state index contributed by atoms with van der Waals surface area (Å²) in [6, 6.07) is 7.04. The predicted molar refractivity (Wildman–Crippen MR) is 99.8 cm³/mol. The van der Waals surface area contributed by atoms with Gasteiger partial charge in [-0.1, -0.05) is 11.6 Å². The summed E-state index contributed by atoms with van der Waals surface area (Å²) in [5.41, 5.74) is 2.84. The zero-order valence-corrected chi connectivity index (χ0v) is 15.7. The van der Waals surface area contributed by atoms with Crippen molar-refractivity contribution in [1.82, 2.24) is 0 Å². The number of anilines is 1. The number of hydrogen-bond acceptors (Lipinski definition) is 3. The Bertz CT molecular complexity index is 788. The summed E-state index contributed by atoms with van der Waals surface area (Å²) in [5.74, 6) is -0.191. The van der Waals surface area contributed by atoms with Gasteiger partial charge in [0.05, 0.1) is 0 Å². The fourth-order valence-electron chi connectivity index (χ4n) is 2.85. The first-order valence-electron chi connectivity index (χ1n) is 8.22. The lowest BCUT2D eigenvalue weighted by Crippen LogP contribution is -2.26. The molecule has 0 unspecified atom stereocenters. The van der Waals surface area contributed by atoms with E-state index in [-0.39, 0.29) is 17.5 Å². The number of carbonyl (C=O) groups is 3. The number of nitrogens with zero attached hydrogens (tertiary/aromatic N) is 1. The topological polar surface area (TPSA) is 54.5 Å². The number of benzene rings is 1. The molecule has 0 saturated carbocycles. The van der Waals surface area contributed by atoms with Crippen molar-refractivity contribution in [3.05, 3.63) is 51.6 Å². The molecule has 0 spiro atoms. The maximum absolute atomic E-state index is 12.4.